The zero-order valence-corrected chi connectivity index (χ0v) is 32.3. The number of benzene rings is 2. The zero-order chi connectivity index (χ0) is 35.7. The van der Waals surface area contributed by atoms with Crippen LogP contribution >= 0.6 is 7.75 Å². The third-order valence-electron chi connectivity index (χ3n) is 8.13. The van der Waals surface area contributed by atoms with Gasteiger partial charge in [-0.2, -0.15) is 0 Å². The van der Waals surface area contributed by atoms with E-state index in [1.807, 2.05) is 18.2 Å². The summed E-state index contributed by atoms with van der Waals surface area (Å²) in [7, 11) is -4.58. The monoisotopic (exact) mass is 908 g/mol. The van der Waals surface area contributed by atoms with E-state index in [1.165, 1.54) is 30.8 Å². The normalized spacial score (nSPS) is 30.1. The van der Waals surface area contributed by atoms with E-state index in [0.717, 1.165) is 5.39 Å². The molecular weight excluding hydrogens is 874 g/mol. The molecule has 0 radical (unpaired) electrons. The number of hydrogen-bond donors (Lipinski definition) is 4. The SMILES string of the molecule is C[C@@H]1NP(=O)(Oc2cccc3ccccc23)OCC2OC(n3cnc4c(nc([NH][Tl])nc43)OCCC/C=C\C(F)(F)COC1=O)[C@](C)(O)[C@@H]2O. The first-order valence-corrected chi connectivity index (χ1v) is 19.4. The van der Waals surface area contributed by atoms with Crippen LogP contribution in [0.2, 0.25) is 0 Å². The van der Waals surface area contributed by atoms with E-state index in [2.05, 4.69) is 23.2 Å². The van der Waals surface area contributed by atoms with Crippen molar-refractivity contribution in [3.8, 4) is 11.6 Å². The molecule has 0 aliphatic carbocycles. The van der Waals surface area contributed by atoms with Crippen LogP contribution in [0.3, 0.4) is 0 Å². The maximum atomic E-state index is 14.6. The first-order valence-electron chi connectivity index (χ1n) is 15.6. The van der Waals surface area contributed by atoms with Gasteiger partial charge in [0.05, 0.1) is 0 Å². The van der Waals surface area contributed by atoms with E-state index in [0.29, 0.717) is 17.9 Å². The Hall–Kier alpha value is -3.33. The molecule has 0 amide bonds. The van der Waals surface area contributed by atoms with Crippen LogP contribution in [0, 0.1) is 0 Å². The number of cyclic esters (lactones) is 1. The molecule has 1 fully saturated rings. The first-order chi connectivity index (χ1) is 23.8. The number of carbonyl (C=O) groups excluding carboxylic acids is 1. The van der Waals surface area contributed by atoms with E-state index in [1.54, 1.807) is 24.3 Å². The summed E-state index contributed by atoms with van der Waals surface area (Å²) in [6.45, 7) is 0.830. The molecule has 6 atom stereocenters. The van der Waals surface area contributed by atoms with Crippen molar-refractivity contribution in [1.82, 2.24) is 24.6 Å². The molecule has 2 aromatic heterocycles. The number of hydrogen-bond acceptors (Lipinski definition) is 13. The summed E-state index contributed by atoms with van der Waals surface area (Å²) in [5, 5.41) is 26.6. The van der Waals surface area contributed by atoms with Crippen molar-refractivity contribution in [3.63, 3.8) is 0 Å². The first kappa shape index (κ1) is 36.5. The van der Waals surface area contributed by atoms with E-state index >= 15 is 0 Å². The molecule has 15 nitrogen and oxygen atoms in total. The number of allylic oxidation sites excluding steroid dienone is 1. The predicted octanol–water partition coefficient (Wildman–Crippen LogP) is 3.57. The van der Waals surface area contributed by atoms with Gasteiger partial charge in [-0.1, -0.05) is 36.4 Å². The number of rotatable bonds is 3. The van der Waals surface area contributed by atoms with E-state index in [4.69, 9.17) is 23.3 Å². The van der Waals surface area contributed by atoms with Crippen LogP contribution in [-0.2, 0) is 23.4 Å². The summed E-state index contributed by atoms with van der Waals surface area (Å²) in [5.74, 6) is -4.16. The number of fused-ring (bicyclic) bond motifs is 4. The van der Waals surface area contributed by atoms with Crippen molar-refractivity contribution in [2.75, 3.05) is 22.9 Å². The molecule has 6 rings (SSSR count). The fourth-order valence-electron chi connectivity index (χ4n) is 5.53. The average molecular weight is 908 g/mol. The fraction of sp³-hybridized carbons (Fsp3) is 0.419. The molecule has 0 spiro atoms. The Labute approximate surface area is 301 Å². The summed E-state index contributed by atoms with van der Waals surface area (Å²) in [6, 6.07) is 10.7. The van der Waals surface area contributed by atoms with Crippen LogP contribution in [0.5, 0.6) is 11.6 Å². The Bertz CT molecular complexity index is 1940. The molecule has 2 aliphatic rings. The van der Waals surface area contributed by atoms with Crippen molar-refractivity contribution in [2.24, 2.45) is 0 Å². The molecule has 2 aliphatic heterocycles. The summed E-state index contributed by atoms with van der Waals surface area (Å²) >= 11 is 0.261. The second kappa shape index (κ2) is 14.7. The molecule has 19 heteroatoms. The number of esters is 1. The number of aliphatic hydroxyl groups is 2. The number of halogens is 2. The van der Waals surface area contributed by atoms with Gasteiger partial charge in [-0.05, 0) is 18.4 Å². The van der Waals surface area contributed by atoms with Crippen LogP contribution in [0.1, 0.15) is 32.9 Å². The average Bonchev–Trinajstić information content (AvgIpc) is 3.60. The van der Waals surface area contributed by atoms with Gasteiger partial charge in [-0.3, -0.25) is 4.79 Å². The van der Waals surface area contributed by atoms with Crippen molar-refractivity contribution < 1.29 is 51.6 Å². The summed E-state index contributed by atoms with van der Waals surface area (Å²) in [6.07, 6.45) is -0.346. The summed E-state index contributed by atoms with van der Waals surface area (Å²) in [4.78, 5) is 26.1. The number of carbonyl (C=O) groups is 1. The Morgan fingerprint density at radius 1 is 1.18 bits per heavy atom. The van der Waals surface area contributed by atoms with Crippen LogP contribution < -0.4 is 17.5 Å². The third kappa shape index (κ3) is 7.78. The second-order valence-corrected chi connectivity index (χ2v) is 14.8. The molecule has 2 aromatic carbocycles. The van der Waals surface area contributed by atoms with Gasteiger partial charge >= 0.3 is 221 Å². The van der Waals surface area contributed by atoms with Gasteiger partial charge < -0.3 is 4.74 Å². The number of aliphatic hydroxyl groups excluding tert-OH is 1. The molecular formula is C31H34F2N6O9PTl. The minimum atomic E-state index is -4.58. The molecule has 4 N–H and O–H groups in total. The van der Waals surface area contributed by atoms with Gasteiger partial charge in [-0.25, -0.2) is 0 Å². The van der Waals surface area contributed by atoms with Crippen molar-refractivity contribution in [1.29, 1.82) is 0 Å². The fourth-order valence-corrected chi connectivity index (χ4v) is 7.55. The number of anilines is 1. The van der Waals surface area contributed by atoms with E-state index in [9.17, 15) is 28.4 Å². The molecule has 50 heavy (non-hydrogen) atoms. The molecule has 3 unspecified atom stereocenters. The molecule has 1 saturated heterocycles. The van der Waals surface area contributed by atoms with Crippen molar-refractivity contribution in [2.45, 2.75) is 62.7 Å². The van der Waals surface area contributed by atoms with Crippen LogP contribution in [0.4, 0.5) is 14.7 Å². The standard InChI is InChI=1S/C31H34F2N6O9P.Tl/c1-18-27(41)45-16-31(32,33)13-6-3-7-14-44-26-23-25(36-29(34)37-26)39(17-35-23)28-30(2,42)24(40)22(47-28)15-46-49(43,38-18)48-21-12-8-10-19-9-4-5-11-20(19)21;/h4-6,8-13,17-18,22,24,28,40,42H,3,7,14-16H2,1-2H3,(H2-,34,36,37,38,43);/q-1;+1/b13-6-;/t18-,22?,24+,28?,30+,49?;/m0./s1. The molecule has 4 aromatic rings. The molecule has 264 valence electrons. The maximum absolute atomic E-state index is 14.6. The molecule has 4 heterocycles. The summed E-state index contributed by atoms with van der Waals surface area (Å²) < 4.78 is 76.5. The van der Waals surface area contributed by atoms with Crippen molar-refractivity contribution >= 4 is 67.7 Å². The van der Waals surface area contributed by atoms with Gasteiger partial charge in [0.15, 0.2) is 0 Å². The van der Waals surface area contributed by atoms with Crippen LogP contribution in [0.25, 0.3) is 21.9 Å². The van der Waals surface area contributed by atoms with Gasteiger partial charge in [0.25, 0.3) is 0 Å². The molecule has 6 bridgehead atoms. The van der Waals surface area contributed by atoms with E-state index in [-0.39, 0.29) is 67.8 Å². The van der Waals surface area contributed by atoms with Crippen molar-refractivity contribution in [3.05, 3.63) is 60.9 Å². The topological polar surface area (TPSA) is 188 Å². The predicted molar refractivity (Wildman–Crippen MR) is 176 cm³/mol. The summed E-state index contributed by atoms with van der Waals surface area (Å²) in [5.41, 5.74) is -1.49. The third-order valence-corrected chi connectivity index (χ3v) is 10.8. The van der Waals surface area contributed by atoms with Gasteiger partial charge in [0, 0.05) is 5.39 Å². The van der Waals surface area contributed by atoms with Crippen LogP contribution in [0.15, 0.2) is 60.9 Å². The zero-order valence-electron chi connectivity index (χ0n) is 26.9. The number of aromatic nitrogens is 4. The van der Waals surface area contributed by atoms with Crippen LogP contribution in [-0.4, -0.2) is 111 Å². The number of nitrogens with zero attached hydrogens (tertiary/aromatic N) is 4. The number of nitrogens with one attached hydrogen (secondary N) is 2. The Morgan fingerprint density at radius 3 is 2.76 bits per heavy atom. The van der Waals surface area contributed by atoms with Gasteiger partial charge in [-0.15, -0.1) is 0 Å². The molecule has 0 saturated carbocycles. The Balaban J connectivity index is 1.36. The minimum absolute atomic E-state index is 0.104. The van der Waals surface area contributed by atoms with Gasteiger partial charge in [0.1, 0.15) is 11.8 Å². The second-order valence-electron chi connectivity index (χ2n) is 12.0. The quantitative estimate of drug-likeness (QED) is 0.101. The number of alkyl halides is 2. The number of imidazole rings is 1. The van der Waals surface area contributed by atoms with Gasteiger partial charge in [0.2, 0.25) is 0 Å². The number of ether oxygens (including phenoxy) is 3. The van der Waals surface area contributed by atoms with E-state index < -0.39 is 62.9 Å². The Kier molecular flexibility index (Phi) is 10.7. The Morgan fingerprint density at radius 2 is 1.96 bits per heavy atom.